The largest absolute Gasteiger partial charge is 0.481 e. The van der Waals surface area contributed by atoms with Crippen LogP contribution in [0.25, 0.3) is 0 Å². The molecule has 1 aromatic rings. The van der Waals surface area contributed by atoms with Crippen molar-refractivity contribution >= 4 is 5.97 Å². The fraction of sp³-hybridized carbons (Fsp3) is 0.562. The number of carbonyl (C=O) groups is 1. The average Bonchev–Trinajstić information content (AvgIpc) is 2.39. The van der Waals surface area contributed by atoms with Crippen molar-refractivity contribution < 1.29 is 18.7 Å². The molecule has 1 aliphatic rings. The van der Waals surface area contributed by atoms with Crippen molar-refractivity contribution in [3.63, 3.8) is 0 Å². The van der Waals surface area contributed by atoms with Crippen molar-refractivity contribution in [3.8, 4) is 0 Å². The van der Waals surface area contributed by atoms with Crippen molar-refractivity contribution in [3.05, 3.63) is 35.9 Å². The molecular formula is C16H20F2O2. The molecule has 2 unspecified atom stereocenters. The van der Waals surface area contributed by atoms with Crippen molar-refractivity contribution in [2.45, 2.75) is 45.0 Å². The van der Waals surface area contributed by atoms with Crippen LogP contribution in [0.3, 0.4) is 0 Å². The van der Waals surface area contributed by atoms with Gasteiger partial charge in [0.15, 0.2) is 0 Å². The molecule has 0 bridgehead atoms. The van der Waals surface area contributed by atoms with E-state index in [1.54, 1.807) is 18.2 Å². The highest BCUT2D eigenvalue weighted by molar-refractivity contribution is 5.75. The van der Waals surface area contributed by atoms with Crippen LogP contribution in [0.4, 0.5) is 8.78 Å². The lowest BCUT2D eigenvalue weighted by atomic mass is 9.66. The van der Waals surface area contributed by atoms with Gasteiger partial charge < -0.3 is 5.11 Å². The monoisotopic (exact) mass is 282 g/mol. The standard InChI is InChI=1S/C16H20F2O2/c1-12-6-5-9-15(10-12,14(19)20)11-16(17,18)13-7-3-2-4-8-13/h2-4,7-8,12H,5-6,9-11H2,1H3,(H,19,20). The van der Waals surface area contributed by atoms with Crippen LogP contribution in [0, 0.1) is 11.3 Å². The fourth-order valence-corrected chi connectivity index (χ4v) is 3.30. The molecule has 0 amide bonds. The van der Waals surface area contributed by atoms with Crippen LogP contribution in [0.2, 0.25) is 0 Å². The van der Waals surface area contributed by atoms with Crippen molar-refractivity contribution in [1.29, 1.82) is 0 Å². The second kappa shape index (κ2) is 5.51. The zero-order valence-electron chi connectivity index (χ0n) is 11.6. The minimum Gasteiger partial charge on any atom is -0.481 e. The maximum atomic E-state index is 14.4. The topological polar surface area (TPSA) is 37.3 Å². The molecule has 2 atom stereocenters. The number of aliphatic carboxylic acids is 1. The summed E-state index contributed by atoms with van der Waals surface area (Å²) in [5, 5.41) is 9.48. The van der Waals surface area contributed by atoms with E-state index in [9.17, 15) is 18.7 Å². The molecule has 20 heavy (non-hydrogen) atoms. The summed E-state index contributed by atoms with van der Waals surface area (Å²) in [5.41, 5.74) is -1.39. The van der Waals surface area contributed by atoms with E-state index in [1.807, 2.05) is 6.92 Å². The number of benzene rings is 1. The minimum absolute atomic E-state index is 0.0983. The molecule has 1 saturated carbocycles. The van der Waals surface area contributed by atoms with E-state index in [2.05, 4.69) is 0 Å². The Morgan fingerprint density at radius 3 is 2.60 bits per heavy atom. The summed E-state index contributed by atoms with van der Waals surface area (Å²) in [7, 11) is 0. The second-order valence-corrected chi connectivity index (χ2v) is 6.03. The number of halogens is 2. The minimum atomic E-state index is -3.10. The van der Waals surface area contributed by atoms with Crippen LogP contribution >= 0.6 is 0 Å². The molecule has 110 valence electrons. The highest BCUT2D eigenvalue weighted by Gasteiger charge is 2.49. The molecule has 1 aromatic carbocycles. The van der Waals surface area contributed by atoms with Gasteiger partial charge in [-0.15, -0.1) is 0 Å². The first-order chi connectivity index (χ1) is 9.36. The lowest BCUT2D eigenvalue weighted by Crippen LogP contribution is -2.40. The molecule has 0 aliphatic heterocycles. The lowest BCUT2D eigenvalue weighted by molar-refractivity contribution is -0.161. The first-order valence-corrected chi connectivity index (χ1v) is 7.02. The van der Waals surface area contributed by atoms with Gasteiger partial charge in [-0.2, -0.15) is 0 Å². The zero-order chi connectivity index (χ0) is 14.8. The van der Waals surface area contributed by atoms with E-state index in [4.69, 9.17) is 0 Å². The molecular weight excluding hydrogens is 262 g/mol. The summed E-state index contributed by atoms with van der Waals surface area (Å²) in [6.45, 7) is 1.94. The summed E-state index contributed by atoms with van der Waals surface area (Å²) in [5.74, 6) is -4.00. The van der Waals surface area contributed by atoms with Crippen molar-refractivity contribution in [2.24, 2.45) is 11.3 Å². The van der Waals surface area contributed by atoms with Crippen molar-refractivity contribution in [1.82, 2.24) is 0 Å². The molecule has 2 nitrogen and oxygen atoms in total. The molecule has 0 radical (unpaired) electrons. The number of hydrogen-bond donors (Lipinski definition) is 1. The van der Waals surface area contributed by atoms with Crippen LogP contribution in [0.1, 0.15) is 44.6 Å². The van der Waals surface area contributed by atoms with E-state index in [0.29, 0.717) is 19.3 Å². The SMILES string of the molecule is CC1CCCC(CC(F)(F)c2ccccc2)(C(=O)O)C1. The Hall–Kier alpha value is -1.45. The number of carboxylic acids is 1. The van der Waals surface area contributed by atoms with Gasteiger partial charge in [-0.05, 0) is 18.8 Å². The molecule has 1 aliphatic carbocycles. The van der Waals surface area contributed by atoms with Gasteiger partial charge in [0.1, 0.15) is 0 Å². The van der Waals surface area contributed by atoms with Gasteiger partial charge in [0.25, 0.3) is 5.92 Å². The number of carboxylic acid groups (broad SMARTS) is 1. The molecule has 2 rings (SSSR count). The summed E-state index contributed by atoms with van der Waals surface area (Å²) in [4.78, 5) is 11.6. The maximum absolute atomic E-state index is 14.4. The van der Waals surface area contributed by atoms with Crippen LogP contribution in [-0.4, -0.2) is 11.1 Å². The third-order valence-corrected chi connectivity index (χ3v) is 4.30. The molecule has 1 fully saturated rings. The Balaban J connectivity index is 2.26. The predicted octanol–water partition coefficient (Wildman–Crippen LogP) is 4.45. The fourth-order valence-electron chi connectivity index (χ4n) is 3.30. The molecule has 0 saturated heterocycles. The molecule has 1 N–H and O–H groups in total. The lowest BCUT2D eigenvalue weighted by Gasteiger charge is -2.38. The van der Waals surface area contributed by atoms with Crippen LogP contribution in [0.15, 0.2) is 30.3 Å². The van der Waals surface area contributed by atoms with Gasteiger partial charge in [-0.25, -0.2) is 8.78 Å². The predicted molar refractivity (Wildman–Crippen MR) is 72.7 cm³/mol. The van der Waals surface area contributed by atoms with Gasteiger partial charge in [-0.1, -0.05) is 50.1 Å². The third kappa shape index (κ3) is 3.00. The maximum Gasteiger partial charge on any atom is 0.309 e. The molecule has 0 spiro atoms. The van der Waals surface area contributed by atoms with Crippen LogP contribution < -0.4 is 0 Å². The van der Waals surface area contributed by atoms with Gasteiger partial charge in [0.05, 0.1) is 5.41 Å². The summed E-state index contributed by atoms with van der Waals surface area (Å²) < 4.78 is 28.8. The highest BCUT2D eigenvalue weighted by atomic mass is 19.3. The smallest absolute Gasteiger partial charge is 0.309 e. The Morgan fingerprint density at radius 2 is 2.05 bits per heavy atom. The zero-order valence-corrected chi connectivity index (χ0v) is 11.6. The van der Waals surface area contributed by atoms with E-state index >= 15 is 0 Å². The first kappa shape index (κ1) is 14.9. The summed E-state index contributed by atoms with van der Waals surface area (Å²) in [6.07, 6.45) is 1.70. The molecule has 0 heterocycles. The van der Waals surface area contributed by atoms with E-state index in [0.717, 1.165) is 6.42 Å². The van der Waals surface area contributed by atoms with Crippen LogP contribution in [0.5, 0.6) is 0 Å². The Labute approximate surface area is 117 Å². The second-order valence-electron chi connectivity index (χ2n) is 6.03. The summed E-state index contributed by atoms with van der Waals surface area (Å²) >= 11 is 0. The molecule has 0 aromatic heterocycles. The van der Waals surface area contributed by atoms with Gasteiger partial charge in [0.2, 0.25) is 0 Å². The average molecular weight is 282 g/mol. The first-order valence-electron chi connectivity index (χ1n) is 7.02. The van der Waals surface area contributed by atoms with E-state index in [-0.39, 0.29) is 11.5 Å². The Morgan fingerprint density at radius 1 is 1.40 bits per heavy atom. The van der Waals surface area contributed by atoms with Gasteiger partial charge in [0, 0.05) is 12.0 Å². The van der Waals surface area contributed by atoms with Crippen molar-refractivity contribution in [2.75, 3.05) is 0 Å². The molecule has 4 heteroatoms. The van der Waals surface area contributed by atoms with Gasteiger partial charge in [-0.3, -0.25) is 4.79 Å². The number of alkyl halides is 2. The third-order valence-electron chi connectivity index (χ3n) is 4.30. The van der Waals surface area contributed by atoms with E-state index < -0.39 is 23.7 Å². The number of rotatable bonds is 4. The number of hydrogen-bond acceptors (Lipinski definition) is 1. The van der Waals surface area contributed by atoms with Crippen LogP contribution in [-0.2, 0) is 10.7 Å². The quantitative estimate of drug-likeness (QED) is 0.885. The van der Waals surface area contributed by atoms with Gasteiger partial charge >= 0.3 is 5.97 Å². The Kier molecular flexibility index (Phi) is 4.11. The normalized spacial score (nSPS) is 27.2. The highest BCUT2D eigenvalue weighted by Crippen LogP contribution is 2.49. The van der Waals surface area contributed by atoms with E-state index in [1.165, 1.54) is 12.1 Å². The summed E-state index contributed by atoms with van der Waals surface area (Å²) in [6, 6.07) is 7.51. The Bertz CT molecular complexity index is 473.